The standard InChI is InChI=1S/C22H17ClN2O3/c1-2-27-20-6-4-3-5-19(20)24-22(26)15-9-12-18-17(13-15)21(28-25-18)14-7-10-16(23)11-8-14/h3-13H,2H2,1H3,(H,24,26). The lowest BCUT2D eigenvalue weighted by molar-refractivity contribution is 0.102. The molecule has 0 spiro atoms. The Labute approximate surface area is 166 Å². The number of benzene rings is 3. The van der Waals surface area contributed by atoms with Gasteiger partial charge in [-0.2, -0.15) is 0 Å². The minimum atomic E-state index is -0.239. The van der Waals surface area contributed by atoms with Gasteiger partial charge < -0.3 is 14.6 Å². The molecule has 1 N–H and O–H groups in total. The number of fused-ring (bicyclic) bond motifs is 1. The zero-order chi connectivity index (χ0) is 19.5. The maximum atomic E-state index is 12.8. The van der Waals surface area contributed by atoms with Crippen molar-refractivity contribution in [3.63, 3.8) is 0 Å². The molecule has 3 aromatic carbocycles. The molecule has 1 heterocycles. The number of rotatable bonds is 5. The molecule has 1 amide bonds. The van der Waals surface area contributed by atoms with Crippen molar-refractivity contribution in [2.45, 2.75) is 6.92 Å². The molecule has 5 nitrogen and oxygen atoms in total. The van der Waals surface area contributed by atoms with Crippen LogP contribution in [0, 0.1) is 0 Å². The number of amides is 1. The third kappa shape index (κ3) is 3.57. The number of halogens is 1. The predicted molar refractivity (Wildman–Crippen MR) is 110 cm³/mol. The molecule has 0 saturated heterocycles. The summed E-state index contributed by atoms with van der Waals surface area (Å²) in [5.41, 5.74) is 2.64. The van der Waals surface area contributed by atoms with Gasteiger partial charge in [0.1, 0.15) is 11.3 Å². The molecule has 0 saturated carbocycles. The first-order valence-corrected chi connectivity index (χ1v) is 9.22. The van der Waals surface area contributed by atoms with Crippen molar-refractivity contribution in [1.29, 1.82) is 0 Å². The highest BCUT2D eigenvalue weighted by molar-refractivity contribution is 6.30. The highest BCUT2D eigenvalue weighted by atomic mass is 35.5. The molecule has 4 aromatic rings. The van der Waals surface area contributed by atoms with Gasteiger partial charge in [0, 0.05) is 16.1 Å². The van der Waals surface area contributed by atoms with Crippen molar-refractivity contribution < 1.29 is 14.1 Å². The van der Waals surface area contributed by atoms with Crippen LogP contribution in [0.2, 0.25) is 5.02 Å². The minimum Gasteiger partial charge on any atom is -0.492 e. The highest BCUT2D eigenvalue weighted by Gasteiger charge is 2.15. The number of hydrogen-bond donors (Lipinski definition) is 1. The van der Waals surface area contributed by atoms with Crippen LogP contribution in [0.15, 0.2) is 71.3 Å². The molecule has 0 bridgehead atoms. The summed E-state index contributed by atoms with van der Waals surface area (Å²) in [6.07, 6.45) is 0. The first-order valence-electron chi connectivity index (χ1n) is 8.84. The van der Waals surface area contributed by atoms with Crippen LogP contribution in [0.1, 0.15) is 17.3 Å². The van der Waals surface area contributed by atoms with E-state index in [1.165, 1.54) is 0 Å². The lowest BCUT2D eigenvalue weighted by Crippen LogP contribution is -2.12. The van der Waals surface area contributed by atoms with Gasteiger partial charge in [-0.25, -0.2) is 0 Å². The summed E-state index contributed by atoms with van der Waals surface area (Å²) in [6, 6.07) is 19.9. The van der Waals surface area contributed by atoms with Gasteiger partial charge in [-0.05, 0) is 61.5 Å². The van der Waals surface area contributed by atoms with Crippen molar-refractivity contribution in [2.75, 3.05) is 11.9 Å². The van der Waals surface area contributed by atoms with Crippen LogP contribution in [-0.4, -0.2) is 17.7 Å². The Bertz CT molecular complexity index is 1140. The summed E-state index contributed by atoms with van der Waals surface area (Å²) in [4.78, 5) is 12.8. The topological polar surface area (TPSA) is 64.4 Å². The number of nitrogens with zero attached hydrogens (tertiary/aromatic N) is 1. The van der Waals surface area contributed by atoms with Gasteiger partial charge in [0.05, 0.1) is 17.7 Å². The maximum absolute atomic E-state index is 12.8. The summed E-state index contributed by atoms with van der Waals surface area (Å²) >= 11 is 5.96. The van der Waals surface area contributed by atoms with Crippen LogP contribution in [0.25, 0.3) is 22.2 Å². The molecule has 1 aromatic heterocycles. The van der Waals surface area contributed by atoms with Crippen molar-refractivity contribution >= 4 is 34.1 Å². The lowest BCUT2D eigenvalue weighted by Gasteiger charge is -2.11. The number of nitrogens with one attached hydrogen (secondary N) is 1. The average molecular weight is 393 g/mol. The summed E-state index contributed by atoms with van der Waals surface area (Å²) in [6.45, 7) is 2.42. The van der Waals surface area contributed by atoms with E-state index in [1.807, 2.05) is 37.3 Å². The van der Waals surface area contributed by atoms with Crippen LogP contribution in [-0.2, 0) is 0 Å². The molecule has 140 valence electrons. The van der Waals surface area contributed by atoms with Crippen LogP contribution in [0.4, 0.5) is 5.69 Å². The second-order valence-corrected chi connectivity index (χ2v) is 6.57. The SMILES string of the molecule is CCOc1ccccc1NC(=O)c1ccc2noc(-c3ccc(Cl)cc3)c2c1. The van der Waals surface area contributed by atoms with Gasteiger partial charge in [0.15, 0.2) is 5.76 Å². The molecule has 0 aliphatic rings. The molecule has 0 unspecified atom stereocenters. The maximum Gasteiger partial charge on any atom is 0.255 e. The molecular formula is C22H17ClN2O3. The predicted octanol–water partition coefficient (Wildman–Crippen LogP) is 5.80. The third-order valence-corrected chi connectivity index (χ3v) is 4.53. The van der Waals surface area contributed by atoms with Crippen LogP contribution in [0.5, 0.6) is 5.75 Å². The number of carbonyl (C=O) groups is 1. The van der Waals surface area contributed by atoms with Gasteiger partial charge in [0.2, 0.25) is 0 Å². The lowest BCUT2D eigenvalue weighted by atomic mass is 10.1. The monoisotopic (exact) mass is 392 g/mol. The molecule has 0 fully saturated rings. The molecule has 0 radical (unpaired) electrons. The number of carbonyl (C=O) groups excluding carboxylic acids is 1. The third-order valence-electron chi connectivity index (χ3n) is 4.28. The molecule has 0 aliphatic heterocycles. The van der Waals surface area contributed by atoms with E-state index in [2.05, 4.69) is 10.5 Å². The first-order chi connectivity index (χ1) is 13.7. The second-order valence-electron chi connectivity index (χ2n) is 6.13. The average Bonchev–Trinajstić information content (AvgIpc) is 3.13. The molecule has 0 aliphatic carbocycles. The fourth-order valence-corrected chi connectivity index (χ4v) is 3.06. The van der Waals surface area contributed by atoms with Gasteiger partial charge in [-0.1, -0.05) is 28.9 Å². The van der Waals surface area contributed by atoms with Crippen molar-refractivity contribution in [3.05, 3.63) is 77.3 Å². The van der Waals surface area contributed by atoms with Crippen molar-refractivity contribution in [3.8, 4) is 17.1 Å². The van der Waals surface area contributed by atoms with Crippen LogP contribution < -0.4 is 10.1 Å². The Hall–Kier alpha value is -3.31. The second kappa shape index (κ2) is 7.74. The number of aromatic nitrogens is 1. The van der Waals surface area contributed by atoms with Gasteiger partial charge >= 0.3 is 0 Å². The Balaban J connectivity index is 1.67. The smallest absolute Gasteiger partial charge is 0.255 e. The van der Waals surface area contributed by atoms with E-state index < -0.39 is 0 Å². The zero-order valence-corrected chi connectivity index (χ0v) is 15.9. The largest absolute Gasteiger partial charge is 0.492 e. The summed E-state index contributed by atoms with van der Waals surface area (Å²) in [5.74, 6) is 0.986. The van der Waals surface area contributed by atoms with Gasteiger partial charge in [-0.15, -0.1) is 0 Å². The number of ether oxygens (including phenoxy) is 1. The first kappa shape index (κ1) is 18.1. The Morgan fingerprint density at radius 2 is 1.89 bits per heavy atom. The Kier molecular flexibility index (Phi) is 5.00. The van der Waals surface area contributed by atoms with E-state index >= 15 is 0 Å². The van der Waals surface area contributed by atoms with Crippen molar-refractivity contribution in [2.24, 2.45) is 0 Å². The molecule has 4 rings (SSSR count). The van der Waals surface area contributed by atoms with E-state index in [4.69, 9.17) is 20.9 Å². The summed E-state index contributed by atoms with van der Waals surface area (Å²) in [5, 5.41) is 8.38. The molecule has 6 heteroatoms. The Morgan fingerprint density at radius 3 is 2.68 bits per heavy atom. The van der Waals surface area contributed by atoms with Gasteiger partial charge in [-0.3, -0.25) is 4.79 Å². The molecule has 28 heavy (non-hydrogen) atoms. The zero-order valence-electron chi connectivity index (χ0n) is 15.1. The number of anilines is 1. The normalized spacial score (nSPS) is 10.8. The fraction of sp³-hybridized carbons (Fsp3) is 0.0909. The molecular weight excluding hydrogens is 376 g/mol. The number of para-hydroxylation sites is 2. The fourth-order valence-electron chi connectivity index (χ4n) is 2.94. The Morgan fingerprint density at radius 1 is 1.11 bits per heavy atom. The quantitative estimate of drug-likeness (QED) is 0.466. The van der Waals surface area contributed by atoms with Crippen LogP contribution in [0.3, 0.4) is 0 Å². The van der Waals surface area contributed by atoms with Crippen LogP contribution >= 0.6 is 11.6 Å². The van der Waals surface area contributed by atoms with E-state index in [9.17, 15) is 4.79 Å². The summed E-state index contributed by atoms with van der Waals surface area (Å²) in [7, 11) is 0. The van der Waals surface area contributed by atoms with E-state index in [-0.39, 0.29) is 5.91 Å². The van der Waals surface area contributed by atoms with E-state index in [0.29, 0.717) is 39.9 Å². The highest BCUT2D eigenvalue weighted by Crippen LogP contribution is 2.31. The number of hydrogen-bond acceptors (Lipinski definition) is 4. The van der Waals surface area contributed by atoms with E-state index in [1.54, 1.807) is 36.4 Å². The summed E-state index contributed by atoms with van der Waals surface area (Å²) < 4.78 is 11.1. The molecule has 0 atom stereocenters. The minimum absolute atomic E-state index is 0.239. The van der Waals surface area contributed by atoms with Gasteiger partial charge in [0.25, 0.3) is 5.91 Å². The van der Waals surface area contributed by atoms with Crippen molar-refractivity contribution in [1.82, 2.24) is 5.16 Å². The van der Waals surface area contributed by atoms with E-state index in [0.717, 1.165) is 10.9 Å².